The van der Waals surface area contributed by atoms with Gasteiger partial charge in [0, 0.05) is 11.9 Å². The standard InChI is InChI=1S/C10H12F2N2O4/c1-5-2-3-14(9(17)13-5)8-10(11,12)7(16)6(4-15)18-8/h2-3,6-8,15-16H,4H2,1H3. The van der Waals surface area contributed by atoms with Crippen LogP contribution in [-0.4, -0.2) is 44.5 Å². The first-order valence-electron chi connectivity index (χ1n) is 5.26. The van der Waals surface area contributed by atoms with E-state index in [2.05, 4.69) is 4.98 Å². The molecule has 0 aliphatic carbocycles. The van der Waals surface area contributed by atoms with Crippen molar-refractivity contribution in [3.63, 3.8) is 0 Å². The molecule has 0 saturated carbocycles. The van der Waals surface area contributed by atoms with E-state index in [0.717, 1.165) is 6.20 Å². The maximum absolute atomic E-state index is 13.7. The topological polar surface area (TPSA) is 84.6 Å². The van der Waals surface area contributed by atoms with Crippen molar-refractivity contribution in [3.05, 3.63) is 28.4 Å². The van der Waals surface area contributed by atoms with Gasteiger partial charge in [-0.1, -0.05) is 0 Å². The molecule has 0 radical (unpaired) electrons. The van der Waals surface area contributed by atoms with Gasteiger partial charge in [-0.3, -0.25) is 4.57 Å². The number of aromatic nitrogens is 2. The molecule has 2 rings (SSSR count). The lowest BCUT2D eigenvalue weighted by Gasteiger charge is -2.20. The molecule has 0 spiro atoms. The predicted octanol–water partition coefficient (Wildman–Crippen LogP) is -0.562. The number of halogens is 2. The lowest BCUT2D eigenvalue weighted by molar-refractivity contribution is -0.141. The quantitative estimate of drug-likeness (QED) is 0.746. The number of nitrogens with zero attached hydrogens (tertiary/aromatic N) is 2. The first-order valence-corrected chi connectivity index (χ1v) is 5.26. The molecule has 8 heteroatoms. The Balaban J connectivity index is 2.42. The zero-order chi connectivity index (χ0) is 13.5. The van der Waals surface area contributed by atoms with Gasteiger partial charge in [0.15, 0.2) is 6.10 Å². The molecule has 6 nitrogen and oxygen atoms in total. The van der Waals surface area contributed by atoms with Crippen molar-refractivity contribution in [3.8, 4) is 0 Å². The lowest BCUT2D eigenvalue weighted by Crippen LogP contribution is -2.41. The summed E-state index contributed by atoms with van der Waals surface area (Å²) in [6.45, 7) is 0.784. The zero-order valence-corrected chi connectivity index (χ0v) is 9.46. The van der Waals surface area contributed by atoms with Crippen LogP contribution in [0.15, 0.2) is 17.1 Å². The Morgan fingerprint density at radius 2 is 2.28 bits per heavy atom. The number of rotatable bonds is 2. The molecule has 1 aromatic heterocycles. The van der Waals surface area contributed by atoms with Crippen LogP contribution in [0, 0.1) is 6.92 Å². The predicted molar refractivity (Wildman–Crippen MR) is 55.2 cm³/mol. The van der Waals surface area contributed by atoms with Gasteiger partial charge in [0.1, 0.15) is 6.10 Å². The van der Waals surface area contributed by atoms with Crippen LogP contribution in [0.4, 0.5) is 8.78 Å². The van der Waals surface area contributed by atoms with Gasteiger partial charge in [0.05, 0.1) is 6.61 Å². The van der Waals surface area contributed by atoms with Gasteiger partial charge in [0.25, 0.3) is 0 Å². The summed E-state index contributed by atoms with van der Waals surface area (Å²) in [5.41, 5.74) is -0.512. The summed E-state index contributed by atoms with van der Waals surface area (Å²) in [5, 5.41) is 18.1. The van der Waals surface area contributed by atoms with Crippen LogP contribution in [0.2, 0.25) is 0 Å². The largest absolute Gasteiger partial charge is 0.394 e. The summed E-state index contributed by atoms with van der Waals surface area (Å²) >= 11 is 0. The van der Waals surface area contributed by atoms with Crippen molar-refractivity contribution >= 4 is 0 Å². The average molecular weight is 262 g/mol. The molecule has 2 heterocycles. The summed E-state index contributed by atoms with van der Waals surface area (Å²) in [6, 6.07) is 1.37. The normalized spacial score (nSPS) is 30.6. The Labute approximate surface area is 100 Å². The fraction of sp³-hybridized carbons (Fsp3) is 0.600. The molecule has 1 saturated heterocycles. The van der Waals surface area contributed by atoms with Crippen LogP contribution >= 0.6 is 0 Å². The van der Waals surface area contributed by atoms with E-state index in [0.29, 0.717) is 10.3 Å². The van der Waals surface area contributed by atoms with Crippen LogP contribution in [0.5, 0.6) is 0 Å². The molecule has 1 aliphatic heterocycles. The number of aryl methyl sites for hydroxylation is 1. The van der Waals surface area contributed by atoms with Gasteiger partial charge in [0.2, 0.25) is 6.23 Å². The molecule has 0 amide bonds. The second kappa shape index (κ2) is 4.38. The number of alkyl halides is 2. The monoisotopic (exact) mass is 262 g/mol. The number of hydrogen-bond donors (Lipinski definition) is 2. The summed E-state index contributed by atoms with van der Waals surface area (Å²) in [7, 11) is 0. The molecular weight excluding hydrogens is 250 g/mol. The van der Waals surface area contributed by atoms with Gasteiger partial charge < -0.3 is 14.9 Å². The highest BCUT2D eigenvalue weighted by Crippen LogP contribution is 2.41. The van der Waals surface area contributed by atoms with E-state index in [4.69, 9.17) is 9.84 Å². The maximum Gasteiger partial charge on any atom is 0.350 e. The molecule has 100 valence electrons. The summed E-state index contributed by atoms with van der Waals surface area (Å²) < 4.78 is 32.9. The van der Waals surface area contributed by atoms with Crippen molar-refractivity contribution in [2.24, 2.45) is 0 Å². The molecule has 1 fully saturated rings. The number of hydrogen-bond acceptors (Lipinski definition) is 5. The van der Waals surface area contributed by atoms with E-state index in [1.807, 2.05) is 0 Å². The highest BCUT2D eigenvalue weighted by atomic mass is 19.3. The van der Waals surface area contributed by atoms with E-state index < -0.39 is 36.7 Å². The van der Waals surface area contributed by atoms with Crippen molar-refractivity contribution in [1.29, 1.82) is 0 Å². The Morgan fingerprint density at radius 3 is 2.78 bits per heavy atom. The van der Waals surface area contributed by atoms with Crippen molar-refractivity contribution in [2.75, 3.05) is 6.61 Å². The van der Waals surface area contributed by atoms with Crippen LogP contribution in [-0.2, 0) is 4.74 Å². The molecule has 1 aromatic rings. The van der Waals surface area contributed by atoms with Gasteiger partial charge in [-0.25, -0.2) is 4.79 Å². The zero-order valence-electron chi connectivity index (χ0n) is 9.46. The Kier molecular flexibility index (Phi) is 3.18. The van der Waals surface area contributed by atoms with Gasteiger partial charge in [-0.2, -0.15) is 13.8 Å². The SMILES string of the molecule is Cc1ccn(C2OC(CO)C(O)C2(F)F)c(=O)n1. The molecule has 0 bridgehead atoms. The Hall–Kier alpha value is -1.38. The van der Waals surface area contributed by atoms with Gasteiger partial charge in [-0.15, -0.1) is 0 Å². The van der Waals surface area contributed by atoms with Crippen molar-refractivity contribution in [1.82, 2.24) is 9.55 Å². The molecule has 1 aliphatic rings. The third-order valence-electron chi connectivity index (χ3n) is 2.78. The third kappa shape index (κ3) is 1.92. The minimum absolute atomic E-state index is 0.386. The van der Waals surface area contributed by atoms with Crippen LogP contribution in [0.25, 0.3) is 0 Å². The molecule has 18 heavy (non-hydrogen) atoms. The Bertz CT molecular complexity index is 505. The summed E-state index contributed by atoms with van der Waals surface area (Å²) in [4.78, 5) is 15.0. The Morgan fingerprint density at radius 1 is 1.61 bits per heavy atom. The fourth-order valence-corrected chi connectivity index (χ4v) is 1.79. The summed E-state index contributed by atoms with van der Waals surface area (Å²) in [5.74, 6) is -3.67. The fourth-order valence-electron chi connectivity index (χ4n) is 1.79. The lowest BCUT2D eigenvalue weighted by atomic mass is 10.1. The molecule has 3 atom stereocenters. The second-order valence-corrected chi connectivity index (χ2v) is 4.09. The molecule has 3 unspecified atom stereocenters. The minimum Gasteiger partial charge on any atom is -0.394 e. The molecular formula is C10H12F2N2O4. The van der Waals surface area contributed by atoms with Gasteiger partial charge in [-0.05, 0) is 13.0 Å². The van der Waals surface area contributed by atoms with Crippen LogP contribution in [0.1, 0.15) is 11.9 Å². The van der Waals surface area contributed by atoms with Crippen molar-refractivity contribution < 1.29 is 23.7 Å². The van der Waals surface area contributed by atoms with Crippen LogP contribution < -0.4 is 5.69 Å². The molecule has 0 aromatic carbocycles. The number of aliphatic hydroxyl groups excluding tert-OH is 2. The average Bonchev–Trinajstić information content (AvgIpc) is 2.52. The second-order valence-electron chi connectivity index (χ2n) is 4.09. The first-order chi connectivity index (χ1) is 8.37. The number of ether oxygens (including phenoxy) is 1. The van der Waals surface area contributed by atoms with Crippen molar-refractivity contribution in [2.45, 2.75) is 31.3 Å². The highest BCUT2D eigenvalue weighted by molar-refractivity contribution is 5.01. The van der Waals surface area contributed by atoms with Crippen LogP contribution in [0.3, 0.4) is 0 Å². The highest BCUT2D eigenvalue weighted by Gasteiger charge is 2.59. The maximum atomic E-state index is 13.7. The molecule has 2 N–H and O–H groups in total. The van der Waals surface area contributed by atoms with E-state index in [1.165, 1.54) is 6.07 Å². The van der Waals surface area contributed by atoms with Gasteiger partial charge >= 0.3 is 11.6 Å². The minimum atomic E-state index is -3.67. The van der Waals surface area contributed by atoms with E-state index in [1.54, 1.807) is 6.92 Å². The first kappa shape index (κ1) is 13.1. The van der Waals surface area contributed by atoms with E-state index in [-0.39, 0.29) is 0 Å². The third-order valence-corrected chi connectivity index (χ3v) is 2.78. The smallest absolute Gasteiger partial charge is 0.350 e. The summed E-state index contributed by atoms with van der Waals surface area (Å²) in [6.07, 6.45) is -4.44. The number of aliphatic hydroxyl groups is 2. The van der Waals surface area contributed by atoms with E-state index >= 15 is 0 Å². The van der Waals surface area contributed by atoms with E-state index in [9.17, 15) is 18.7 Å².